The number of anilines is 1. The number of carboxylic acid groups (broad SMARTS) is 1. The molecule has 1 aromatic carbocycles. The molecule has 0 unspecified atom stereocenters. The average Bonchev–Trinajstić information content (AvgIpc) is 2.81. The lowest BCUT2D eigenvalue weighted by Gasteiger charge is -2.12. The molecular weight excluding hydrogens is 252 g/mol. The van der Waals surface area contributed by atoms with E-state index in [0.29, 0.717) is 6.04 Å². The highest BCUT2D eigenvalue weighted by Crippen LogP contribution is 2.13. The Morgan fingerprint density at radius 1 is 1.39 bits per heavy atom. The molecule has 0 radical (unpaired) electrons. The van der Waals surface area contributed by atoms with Gasteiger partial charge in [0.1, 0.15) is 0 Å². The zero-order chi connectivity index (χ0) is 12.1. The Bertz CT molecular complexity index is 412. The molecule has 0 saturated carbocycles. The van der Waals surface area contributed by atoms with E-state index in [-0.39, 0.29) is 12.4 Å². The molecule has 0 aromatic heterocycles. The maximum Gasteiger partial charge on any atom is 0.328 e. The summed E-state index contributed by atoms with van der Waals surface area (Å²) in [5.41, 5.74) is 1.97. The predicted octanol–water partition coefficient (Wildman–Crippen LogP) is 1.98. The molecule has 5 heteroatoms. The first-order valence-electron chi connectivity index (χ1n) is 5.72. The first-order valence-corrected chi connectivity index (χ1v) is 5.72. The van der Waals surface area contributed by atoms with Crippen LogP contribution >= 0.6 is 12.4 Å². The van der Waals surface area contributed by atoms with Gasteiger partial charge in [0.25, 0.3) is 0 Å². The third kappa shape index (κ3) is 4.39. The zero-order valence-electron chi connectivity index (χ0n) is 9.93. The summed E-state index contributed by atoms with van der Waals surface area (Å²) < 4.78 is 0. The van der Waals surface area contributed by atoms with Crippen molar-refractivity contribution in [1.82, 2.24) is 5.32 Å². The van der Waals surface area contributed by atoms with Crippen molar-refractivity contribution in [3.05, 3.63) is 35.9 Å². The molecule has 18 heavy (non-hydrogen) atoms. The van der Waals surface area contributed by atoms with E-state index in [9.17, 15) is 4.79 Å². The van der Waals surface area contributed by atoms with Crippen LogP contribution in [0.1, 0.15) is 12.0 Å². The molecule has 1 saturated heterocycles. The molecule has 0 aliphatic carbocycles. The molecule has 1 atom stereocenters. The molecule has 1 aliphatic rings. The highest BCUT2D eigenvalue weighted by atomic mass is 35.5. The van der Waals surface area contributed by atoms with E-state index in [1.165, 1.54) is 0 Å². The minimum Gasteiger partial charge on any atom is -0.478 e. The number of hydrogen-bond donors (Lipinski definition) is 3. The van der Waals surface area contributed by atoms with E-state index in [4.69, 9.17) is 5.11 Å². The van der Waals surface area contributed by atoms with E-state index in [1.807, 2.05) is 24.3 Å². The molecule has 1 fully saturated rings. The van der Waals surface area contributed by atoms with Crippen molar-refractivity contribution in [3.63, 3.8) is 0 Å². The van der Waals surface area contributed by atoms with Gasteiger partial charge in [-0.3, -0.25) is 0 Å². The maximum absolute atomic E-state index is 10.4. The SMILES string of the molecule is Cl.O=C(O)C=Cc1ccc(N[C@@H]2CCNC2)cc1. The summed E-state index contributed by atoms with van der Waals surface area (Å²) >= 11 is 0. The van der Waals surface area contributed by atoms with Crippen LogP contribution in [-0.4, -0.2) is 30.2 Å². The molecule has 2 rings (SSSR count). The van der Waals surface area contributed by atoms with Crippen molar-refractivity contribution >= 4 is 30.1 Å². The molecular formula is C13H17ClN2O2. The van der Waals surface area contributed by atoms with Crippen molar-refractivity contribution in [2.45, 2.75) is 12.5 Å². The predicted molar refractivity (Wildman–Crippen MR) is 75.3 cm³/mol. The molecule has 98 valence electrons. The fourth-order valence-electron chi connectivity index (χ4n) is 1.87. The number of aliphatic carboxylic acids is 1. The van der Waals surface area contributed by atoms with Crippen molar-refractivity contribution in [1.29, 1.82) is 0 Å². The third-order valence-corrected chi connectivity index (χ3v) is 2.76. The highest BCUT2D eigenvalue weighted by Gasteiger charge is 2.13. The fourth-order valence-corrected chi connectivity index (χ4v) is 1.87. The van der Waals surface area contributed by atoms with E-state index >= 15 is 0 Å². The highest BCUT2D eigenvalue weighted by molar-refractivity contribution is 5.85. The maximum atomic E-state index is 10.4. The molecule has 1 heterocycles. The zero-order valence-corrected chi connectivity index (χ0v) is 10.7. The van der Waals surface area contributed by atoms with E-state index in [0.717, 1.165) is 36.8 Å². The second kappa shape index (κ2) is 7.03. The number of rotatable bonds is 4. The van der Waals surface area contributed by atoms with Gasteiger partial charge in [-0.1, -0.05) is 12.1 Å². The number of carboxylic acids is 1. The minimum atomic E-state index is -0.927. The van der Waals surface area contributed by atoms with Gasteiger partial charge in [-0.15, -0.1) is 12.4 Å². The largest absolute Gasteiger partial charge is 0.478 e. The Balaban J connectivity index is 0.00000162. The van der Waals surface area contributed by atoms with Crippen LogP contribution in [0.2, 0.25) is 0 Å². The summed E-state index contributed by atoms with van der Waals surface area (Å²) in [6.07, 6.45) is 3.87. The van der Waals surface area contributed by atoms with Crippen LogP contribution in [-0.2, 0) is 4.79 Å². The molecule has 3 N–H and O–H groups in total. The monoisotopic (exact) mass is 268 g/mol. The summed E-state index contributed by atoms with van der Waals surface area (Å²) in [6, 6.07) is 8.25. The summed E-state index contributed by atoms with van der Waals surface area (Å²) in [4.78, 5) is 10.4. The molecule has 0 amide bonds. The molecule has 1 aromatic rings. The Hall–Kier alpha value is -1.52. The first-order chi connectivity index (χ1) is 8.24. The lowest BCUT2D eigenvalue weighted by Crippen LogP contribution is -2.21. The Kier molecular flexibility index (Phi) is 5.68. The van der Waals surface area contributed by atoms with Crippen LogP contribution < -0.4 is 10.6 Å². The van der Waals surface area contributed by atoms with Crippen LogP contribution in [0.25, 0.3) is 6.08 Å². The molecule has 4 nitrogen and oxygen atoms in total. The topological polar surface area (TPSA) is 61.4 Å². The van der Waals surface area contributed by atoms with Gasteiger partial charge < -0.3 is 15.7 Å². The quantitative estimate of drug-likeness (QED) is 0.731. The third-order valence-electron chi connectivity index (χ3n) is 2.76. The number of benzene rings is 1. The summed E-state index contributed by atoms with van der Waals surface area (Å²) in [6.45, 7) is 2.07. The Morgan fingerprint density at radius 3 is 2.67 bits per heavy atom. The van der Waals surface area contributed by atoms with E-state index < -0.39 is 5.97 Å². The second-order valence-corrected chi connectivity index (χ2v) is 4.13. The first kappa shape index (κ1) is 14.5. The average molecular weight is 269 g/mol. The van der Waals surface area contributed by atoms with Gasteiger partial charge in [-0.05, 0) is 36.7 Å². The Morgan fingerprint density at radius 2 is 2.11 bits per heavy atom. The van der Waals surface area contributed by atoms with Crippen molar-refractivity contribution in [3.8, 4) is 0 Å². The number of halogens is 1. The Labute approximate surface area is 112 Å². The van der Waals surface area contributed by atoms with Crippen LogP contribution in [0.3, 0.4) is 0 Å². The van der Waals surface area contributed by atoms with Gasteiger partial charge in [0.15, 0.2) is 0 Å². The van der Waals surface area contributed by atoms with Gasteiger partial charge in [0.2, 0.25) is 0 Å². The molecule has 0 spiro atoms. The normalized spacial score (nSPS) is 18.6. The van der Waals surface area contributed by atoms with Crippen molar-refractivity contribution in [2.75, 3.05) is 18.4 Å². The smallest absolute Gasteiger partial charge is 0.328 e. The summed E-state index contributed by atoms with van der Waals surface area (Å²) in [5.74, 6) is -0.927. The van der Waals surface area contributed by atoms with E-state index in [2.05, 4.69) is 10.6 Å². The van der Waals surface area contributed by atoms with Gasteiger partial charge in [-0.2, -0.15) is 0 Å². The van der Waals surface area contributed by atoms with Crippen LogP contribution in [0.15, 0.2) is 30.3 Å². The lowest BCUT2D eigenvalue weighted by molar-refractivity contribution is -0.131. The molecule has 0 bridgehead atoms. The van der Waals surface area contributed by atoms with Crippen LogP contribution in [0.5, 0.6) is 0 Å². The lowest BCUT2D eigenvalue weighted by atomic mass is 10.1. The van der Waals surface area contributed by atoms with Gasteiger partial charge in [0, 0.05) is 24.4 Å². The van der Waals surface area contributed by atoms with Gasteiger partial charge in [-0.25, -0.2) is 4.79 Å². The molecule has 1 aliphatic heterocycles. The summed E-state index contributed by atoms with van der Waals surface area (Å²) in [7, 11) is 0. The number of nitrogens with one attached hydrogen (secondary N) is 2. The fraction of sp³-hybridized carbons (Fsp3) is 0.308. The van der Waals surface area contributed by atoms with Crippen molar-refractivity contribution in [2.24, 2.45) is 0 Å². The number of hydrogen-bond acceptors (Lipinski definition) is 3. The van der Waals surface area contributed by atoms with Crippen LogP contribution in [0.4, 0.5) is 5.69 Å². The second-order valence-electron chi connectivity index (χ2n) is 4.13. The summed E-state index contributed by atoms with van der Waals surface area (Å²) in [5, 5.41) is 15.2. The van der Waals surface area contributed by atoms with Crippen LogP contribution in [0, 0.1) is 0 Å². The van der Waals surface area contributed by atoms with Crippen molar-refractivity contribution < 1.29 is 9.90 Å². The van der Waals surface area contributed by atoms with Gasteiger partial charge >= 0.3 is 5.97 Å². The van der Waals surface area contributed by atoms with E-state index in [1.54, 1.807) is 6.08 Å². The van der Waals surface area contributed by atoms with Gasteiger partial charge in [0.05, 0.1) is 0 Å². The number of carbonyl (C=O) groups is 1. The minimum absolute atomic E-state index is 0. The standard InChI is InChI=1S/C13H16N2O2.ClH/c16-13(17)6-3-10-1-4-11(5-2-10)15-12-7-8-14-9-12;/h1-6,12,14-15H,7-9H2,(H,16,17);1H/t12-;/m1./s1.